The van der Waals surface area contributed by atoms with E-state index in [9.17, 15) is 4.79 Å². The number of hydrogen-bond acceptors (Lipinski definition) is 2. The summed E-state index contributed by atoms with van der Waals surface area (Å²) in [4.78, 5) is 11.5. The maximum atomic E-state index is 11.5. The molecule has 0 aromatic rings. The van der Waals surface area contributed by atoms with Crippen LogP contribution in [0.25, 0.3) is 0 Å². The first kappa shape index (κ1) is 8.72. The third-order valence-corrected chi connectivity index (χ3v) is 2.26. The van der Waals surface area contributed by atoms with E-state index in [1.165, 1.54) is 0 Å². The first-order valence-corrected chi connectivity index (χ1v) is 4.37. The Hall–Kier alpha value is -0.370. The van der Waals surface area contributed by atoms with Gasteiger partial charge < -0.3 is 5.32 Å². The van der Waals surface area contributed by atoms with E-state index in [1.54, 1.807) is 0 Å². The van der Waals surface area contributed by atoms with Gasteiger partial charge in [0.2, 0.25) is 0 Å². The van der Waals surface area contributed by atoms with Gasteiger partial charge in [-0.1, -0.05) is 13.8 Å². The lowest BCUT2D eigenvalue weighted by Crippen LogP contribution is -2.39. The molecule has 0 heterocycles. The van der Waals surface area contributed by atoms with Crippen LogP contribution in [-0.4, -0.2) is 18.9 Å². The topological polar surface area (TPSA) is 29.1 Å². The molecule has 0 aromatic carbocycles. The third-order valence-electron chi connectivity index (χ3n) is 2.26. The van der Waals surface area contributed by atoms with Gasteiger partial charge in [0.15, 0.2) is 5.78 Å². The highest BCUT2D eigenvalue weighted by Gasteiger charge is 2.35. The molecule has 11 heavy (non-hydrogen) atoms. The first-order chi connectivity index (χ1) is 5.16. The lowest BCUT2D eigenvalue weighted by molar-refractivity contribution is -0.123. The molecule has 1 atom stereocenters. The minimum absolute atomic E-state index is 0.0856. The normalized spacial score (nSPS) is 20.4. The number of likely N-dealkylation sites (N-methyl/N-ethyl adjacent to an activating group) is 1. The third kappa shape index (κ3) is 2.03. The molecule has 64 valence electrons. The molecule has 0 bridgehead atoms. The van der Waals surface area contributed by atoms with Gasteiger partial charge in [-0.3, -0.25) is 4.79 Å². The average Bonchev–Trinajstić information content (AvgIpc) is 2.68. The summed E-state index contributed by atoms with van der Waals surface area (Å²) in [5.41, 5.74) is 0. The summed E-state index contributed by atoms with van der Waals surface area (Å²) < 4.78 is 0. The van der Waals surface area contributed by atoms with Crippen LogP contribution in [0.5, 0.6) is 0 Å². The molecule has 1 rings (SSSR count). The predicted octanol–water partition coefficient (Wildman–Crippen LogP) is 1.21. The van der Waals surface area contributed by atoms with Gasteiger partial charge in [0.05, 0.1) is 6.04 Å². The Balaban J connectivity index is 2.45. The van der Waals surface area contributed by atoms with Crippen molar-refractivity contribution in [1.29, 1.82) is 0 Å². The lowest BCUT2D eigenvalue weighted by Gasteiger charge is -2.18. The fourth-order valence-corrected chi connectivity index (χ4v) is 1.43. The van der Waals surface area contributed by atoms with Crippen LogP contribution < -0.4 is 5.32 Å². The molecule has 1 N–H and O–H groups in total. The van der Waals surface area contributed by atoms with Crippen molar-refractivity contribution >= 4 is 5.78 Å². The van der Waals surface area contributed by atoms with Crippen LogP contribution >= 0.6 is 0 Å². The Morgan fingerprint density at radius 1 is 1.45 bits per heavy atom. The molecule has 0 saturated heterocycles. The monoisotopic (exact) mass is 155 g/mol. The zero-order valence-corrected chi connectivity index (χ0v) is 7.55. The summed E-state index contributed by atoms with van der Waals surface area (Å²) in [5.74, 6) is 1.23. The van der Waals surface area contributed by atoms with Gasteiger partial charge in [0.25, 0.3) is 0 Å². The van der Waals surface area contributed by atoms with Crippen LogP contribution in [0.1, 0.15) is 26.7 Å². The number of nitrogens with one attached hydrogen (secondary N) is 1. The molecular weight excluding hydrogens is 138 g/mol. The van der Waals surface area contributed by atoms with E-state index >= 15 is 0 Å². The Bertz CT molecular complexity index is 150. The highest BCUT2D eigenvalue weighted by atomic mass is 16.1. The molecule has 2 heteroatoms. The second-order valence-corrected chi connectivity index (χ2v) is 3.69. The summed E-state index contributed by atoms with van der Waals surface area (Å²) in [7, 11) is 1.87. The van der Waals surface area contributed by atoms with Crippen LogP contribution in [0.2, 0.25) is 0 Å². The van der Waals surface area contributed by atoms with Crippen molar-refractivity contribution in [2.45, 2.75) is 32.7 Å². The number of hydrogen-bond donors (Lipinski definition) is 1. The molecular formula is C9H17NO. The number of carbonyl (C=O) groups excluding carboxylic acids is 1. The molecule has 0 amide bonds. The molecule has 0 unspecified atom stereocenters. The summed E-state index contributed by atoms with van der Waals surface area (Å²) in [6.45, 7) is 4.17. The summed E-state index contributed by atoms with van der Waals surface area (Å²) in [5, 5.41) is 3.07. The van der Waals surface area contributed by atoms with Gasteiger partial charge in [0, 0.05) is 5.92 Å². The fourth-order valence-electron chi connectivity index (χ4n) is 1.43. The summed E-state index contributed by atoms with van der Waals surface area (Å²) >= 11 is 0. The van der Waals surface area contributed by atoms with Gasteiger partial charge in [-0.05, 0) is 25.8 Å². The zero-order valence-electron chi connectivity index (χ0n) is 7.55. The van der Waals surface area contributed by atoms with Crippen molar-refractivity contribution in [2.24, 2.45) is 11.8 Å². The van der Waals surface area contributed by atoms with Crippen molar-refractivity contribution in [3.63, 3.8) is 0 Å². The Morgan fingerprint density at radius 3 is 2.27 bits per heavy atom. The smallest absolute Gasteiger partial charge is 0.153 e. The zero-order chi connectivity index (χ0) is 8.43. The van der Waals surface area contributed by atoms with Crippen LogP contribution in [-0.2, 0) is 4.79 Å². The van der Waals surface area contributed by atoms with Crippen molar-refractivity contribution in [3.05, 3.63) is 0 Å². The number of rotatable bonds is 4. The molecule has 1 fully saturated rings. The van der Waals surface area contributed by atoms with E-state index in [-0.39, 0.29) is 6.04 Å². The molecule has 0 aliphatic heterocycles. The summed E-state index contributed by atoms with van der Waals surface area (Å²) in [6.07, 6.45) is 2.23. The predicted molar refractivity (Wildman–Crippen MR) is 45.4 cm³/mol. The highest BCUT2D eigenvalue weighted by Crippen LogP contribution is 2.31. The maximum absolute atomic E-state index is 11.5. The highest BCUT2D eigenvalue weighted by molar-refractivity contribution is 5.88. The van der Waals surface area contributed by atoms with Gasteiger partial charge in [-0.15, -0.1) is 0 Å². The van der Waals surface area contributed by atoms with E-state index in [0.717, 1.165) is 12.8 Å². The van der Waals surface area contributed by atoms with E-state index in [0.29, 0.717) is 17.6 Å². The molecule has 0 spiro atoms. The van der Waals surface area contributed by atoms with Gasteiger partial charge in [0.1, 0.15) is 0 Å². The number of Topliss-reactive ketones (excluding diaryl/α,β-unsaturated/α-hetero) is 1. The quantitative estimate of drug-likeness (QED) is 0.661. The van der Waals surface area contributed by atoms with Gasteiger partial charge in [-0.25, -0.2) is 0 Å². The van der Waals surface area contributed by atoms with Crippen LogP contribution in [0.15, 0.2) is 0 Å². The second-order valence-electron chi connectivity index (χ2n) is 3.69. The molecule has 0 radical (unpaired) electrons. The van der Waals surface area contributed by atoms with E-state index in [4.69, 9.17) is 0 Å². The molecule has 1 aliphatic rings. The van der Waals surface area contributed by atoms with Crippen molar-refractivity contribution < 1.29 is 4.79 Å². The van der Waals surface area contributed by atoms with Crippen molar-refractivity contribution in [3.8, 4) is 0 Å². The second kappa shape index (κ2) is 3.35. The van der Waals surface area contributed by atoms with Gasteiger partial charge in [-0.2, -0.15) is 0 Å². The standard InChI is InChI=1S/C9H17NO/c1-6(2)8(10-3)9(11)7-4-5-7/h6-8,10H,4-5H2,1-3H3/t8-/m0/s1. The van der Waals surface area contributed by atoms with Crippen LogP contribution in [0.4, 0.5) is 0 Å². The van der Waals surface area contributed by atoms with Crippen molar-refractivity contribution in [2.75, 3.05) is 7.05 Å². The van der Waals surface area contributed by atoms with Crippen LogP contribution in [0, 0.1) is 11.8 Å². The Kier molecular flexibility index (Phi) is 2.66. The molecule has 0 aromatic heterocycles. The number of ketones is 1. The molecule has 1 aliphatic carbocycles. The maximum Gasteiger partial charge on any atom is 0.153 e. The Labute approximate surface area is 68.4 Å². The summed E-state index contributed by atoms with van der Waals surface area (Å²) in [6, 6.07) is 0.0856. The van der Waals surface area contributed by atoms with E-state index in [1.807, 2.05) is 7.05 Å². The SMILES string of the molecule is CN[C@H](C(=O)C1CC1)C(C)C. The average molecular weight is 155 g/mol. The largest absolute Gasteiger partial charge is 0.310 e. The molecule has 1 saturated carbocycles. The Morgan fingerprint density at radius 2 is 2.00 bits per heavy atom. The van der Waals surface area contributed by atoms with Crippen LogP contribution in [0.3, 0.4) is 0 Å². The fraction of sp³-hybridized carbons (Fsp3) is 0.889. The minimum atomic E-state index is 0.0856. The van der Waals surface area contributed by atoms with E-state index in [2.05, 4.69) is 19.2 Å². The first-order valence-electron chi connectivity index (χ1n) is 4.37. The number of carbonyl (C=O) groups is 1. The van der Waals surface area contributed by atoms with E-state index < -0.39 is 0 Å². The minimum Gasteiger partial charge on any atom is -0.310 e. The van der Waals surface area contributed by atoms with Gasteiger partial charge >= 0.3 is 0 Å². The molecule has 2 nitrogen and oxygen atoms in total. The van der Waals surface area contributed by atoms with Crippen molar-refractivity contribution in [1.82, 2.24) is 5.32 Å². The lowest BCUT2D eigenvalue weighted by atomic mass is 9.97.